The zero-order valence-corrected chi connectivity index (χ0v) is 12.0. The van der Waals surface area contributed by atoms with Crippen molar-refractivity contribution in [1.29, 1.82) is 5.26 Å². The Hall–Kier alpha value is -1.86. The monoisotopic (exact) mass is 272 g/mol. The topological polar surface area (TPSA) is 64.3 Å². The van der Waals surface area contributed by atoms with E-state index in [2.05, 4.69) is 6.07 Å². The SMILES string of the molecule is Cc1cc(C#N)ccc1C(=O)N(C)CC1CCCC1O. The van der Waals surface area contributed by atoms with Crippen LogP contribution < -0.4 is 0 Å². The van der Waals surface area contributed by atoms with E-state index in [9.17, 15) is 9.90 Å². The highest BCUT2D eigenvalue weighted by molar-refractivity contribution is 5.95. The lowest BCUT2D eigenvalue weighted by Crippen LogP contribution is -2.34. The molecule has 0 heterocycles. The lowest BCUT2D eigenvalue weighted by atomic mass is 10.0. The summed E-state index contributed by atoms with van der Waals surface area (Å²) >= 11 is 0. The average molecular weight is 272 g/mol. The van der Waals surface area contributed by atoms with Gasteiger partial charge in [0.15, 0.2) is 0 Å². The van der Waals surface area contributed by atoms with E-state index in [0.29, 0.717) is 17.7 Å². The summed E-state index contributed by atoms with van der Waals surface area (Å²) in [5.74, 6) is 0.133. The first-order chi connectivity index (χ1) is 9.52. The maximum Gasteiger partial charge on any atom is 0.253 e. The van der Waals surface area contributed by atoms with Crippen LogP contribution in [0.25, 0.3) is 0 Å². The second-order valence-electron chi connectivity index (χ2n) is 5.59. The van der Waals surface area contributed by atoms with Crippen molar-refractivity contribution >= 4 is 5.91 Å². The summed E-state index contributed by atoms with van der Waals surface area (Å²) in [5, 5.41) is 18.7. The molecule has 0 radical (unpaired) electrons. The van der Waals surface area contributed by atoms with Gasteiger partial charge in [0, 0.05) is 25.1 Å². The van der Waals surface area contributed by atoms with E-state index >= 15 is 0 Å². The van der Waals surface area contributed by atoms with Crippen LogP contribution in [0.1, 0.15) is 40.7 Å². The number of aliphatic hydroxyl groups excluding tert-OH is 1. The fourth-order valence-corrected chi connectivity index (χ4v) is 2.84. The van der Waals surface area contributed by atoms with Crippen LogP contribution in [0, 0.1) is 24.2 Å². The predicted molar refractivity (Wildman–Crippen MR) is 76.2 cm³/mol. The minimum atomic E-state index is -0.285. The molecule has 20 heavy (non-hydrogen) atoms. The summed E-state index contributed by atoms with van der Waals surface area (Å²) in [4.78, 5) is 14.1. The number of nitriles is 1. The minimum Gasteiger partial charge on any atom is -0.393 e. The molecule has 0 saturated heterocycles. The van der Waals surface area contributed by atoms with Crippen LogP contribution >= 0.6 is 0 Å². The van der Waals surface area contributed by atoms with E-state index in [0.717, 1.165) is 24.8 Å². The fraction of sp³-hybridized carbons (Fsp3) is 0.500. The maximum absolute atomic E-state index is 12.4. The van der Waals surface area contributed by atoms with Crippen molar-refractivity contribution in [1.82, 2.24) is 4.90 Å². The standard InChI is InChI=1S/C16H20N2O2/c1-11-8-12(9-17)6-7-14(11)16(20)18(2)10-13-4-3-5-15(13)19/h6-8,13,15,19H,3-5,10H2,1-2H3. The van der Waals surface area contributed by atoms with Crippen molar-refractivity contribution in [2.45, 2.75) is 32.3 Å². The van der Waals surface area contributed by atoms with Crippen LogP contribution in [0.3, 0.4) is 0 Å². The van der Waals surface area contributed by atoms with E-state index in [-0.39, 0.29) is 17.9 Å². The van der Waals surface area contributed by atoms with E-state index in [1.165, 1.54) is 0 Å². The number of aryl methyl sites for hydroxylation is 1. The Morgan fingerprint density at radius 2 is 2.25 bits per heavy atom. The maximum atomic E-state index is 12.4. The molecule has 0 bridgehead atoms. The number of hydrogen-bond acceptors (Lipinski definition) is 3. The number of carbonyl (C=O) groups is 1. The molecular weight excluding hydrogens is 252 g/mol. The van der Waals surface area contributed by atoms with Crippen LogP contribution in [0.2, 0.25) is 0 Å². The molecule has 1 aromatic rings. The van der Waals surface area contributed by atoms with Crippen molar-refractivity contribution in [3.8, 4) is 6.07 Å². The highest BCUT2D eigenvalue weighted by Gasteiger charge is 2.28. The lowest BCUT2D eigenvalue weighted by Gasteiger charge is -2.24. The van der Waals surface area contributed by atoms with Crippen LogP contribution in [-0.4, -0.2) is 35.6 Å². The molecule has 4 nitrogen and oxygen atoms in total. The lowest BCUT2D eigenvalue weighted by molar-refractivity contribution is 0.0693. The molecule has 2 rings (SSSR count). The fourth-order valence-electron chi connectivity index (χ4n) is 2.84. The van der Waals surface area contributed by atoms with Crippen LogP contribution in [0.4, 0.5) is 0 Å². The molecule has 0 aliphatic heterocycles. The third-order valence-corrected chi connectivity index (χ3v) is 4.06. The molecule has 2 unspecified atom stereocenters. The van der Waals surface area contributed by atoms with Gasteiger partial charge >= 0.3 is 0 Å². The smallest absolute Gasteiger partial charge is 0.253 e. The minimum absolute atomic E-state index is 0.0499. The van der Waals surface area contributed by atoms with Gasteiger partial charge in [0.05, 0.1) is 17.7 Å². The molecule has 1 aliphatic carbocycles. The van der Waals surface area contributed by atoms with Gasteiger partial charge in [-0.1, -0.05) is 6.42 Å². The number of rotatable bonds is 3. The van der Waals surface area contributed by atoms with Gasteiger partial charge < -0.3 is 10.0 Å². The third-order valence-electron chi connectivity index (χ3n) is 4.06. The molecule has 106 valence electrons. The van der Waals surface area contributed by atoms with Gasteiger partial charge in [-0.2, -0.15) is 5.26 Å². The summed E-state index contributed by atoms with van der Waals surface area (Å²) in [5.41, 5.74) is 2.00. The summed E-state index contributed by atoms with van der Waals surface area (Å²) in [7, 11) is 1.77. The summed E-state index contributed by atoms with van der Waals surface area (Å²) in [6.07, 6.45) is 2.56. The van der Waals surface area contributed by atoms with Crippen LogP contribution in [-0.2, 0) is 0 Å². The highest BCUT2D eigenvalue weighted by Crippen LogP contribution is 2.26. The average Bonchev–Trinajstić information content (AvgIpc) is 2.83. The molecular formula is C16H20N2O2. The van der Waals surface area contributed by atoms with Gasteiger partial charge in [0.2, 0.25) is 0 Å². The predicted octanol–water partition coefficient (Wildman–Crippen LogP) is 2.10. The normalized spacial score (nSPS) is 21.5. The van der Waals surface area contributed by atoms with Crippen LogP contribution in [0.15, 0.2) is 18.2 Å². The molecule has 1 fully saturated rings. The van der Waals surface area contributed by atoms with Gasteiger partial charge in [-0.3, -0.25) is 4.79 Å². The van der Waals surface area contributed by atoms with Gasteiger partial charge in [-0.25, -0.2) is 0 Å². The van der Waals surface area contributed by atoms with E-state index in [1.54, 1.807) is 30.1 Å². The number of aliphatic hydroxyl groups is 1. The Morgan fingerprint density at radius 3 is 2.80 bits per heavy atom. The van der Waals surface area contributed by atoms with Gasteiger partial charge in [0.25, 0.3) is 5.91 Å². The Bertz CT molecular complexity index is 548. The molecule has 2 atom stereocenters. The van der Waals surface area contributed by atoms with Crippen molar-refractivity contribution < 1.29 is 9.90 Å². The summed E-state index contributed by atoms with van der Waals surface area (Å²) in [6.45, 7) is 2.42. The third kappa shape index (κ3) is 3.00. The number of benzene rings is 1. The largest absolute Gasteiger partial charge is 0.393 e. The van der Waals surface area contributed by atoms with E-state index in [1.807, 2.05) is 6.92 Å². The first kappa shape index (κ1) is 14.5. The zero-order valence-electron chi connectivity index (χ0n) is 12.0. The van der Waals surface area contributed by atoms with Crippen LogP contribution in [0.5, 0.6) is 0 Å². The number of nitrogens with zero attached hydrogens (tertiary/aromatic N) is 2. The Labute approximate surface area is 119 Å². The molecule has 0 spiro atoms. The highest BCUT2D eigenvalue weighted by atomic mass is 16.3. The molecule has 4 heteroatoms. The number of carbonyl (C=O) groups excluding carboxylic acids is 1. The number of hydrogen-bond donors (Lipinski definition) is 1. The Balaban J connectivity index is 2.08. The molecule has 0 aromatic heterocycles. The Kier molecular flexibility index (Phi) is 4.41. The Morgan fingerprint density at radius 1 is 1.50 bits per heavy atom. The quantitative estimate of drug-likeness (QED) is 0.916. The molecule has 1 N–H and O–H groups in total. The van der Waals surface area contributed by atoms with Gasteiger partial charge in [-0.15, -0.1) is 0 Å². The van der Waals surface area contributed by atoms with E-state index in [4.69, 9.17) is 5.26 Å². The first-order valence-corrected chi connectivity index (χ1v) is 6.97. The van der Waals surface area contributed by atoms with Gasteiger partial charge in [-0.05, 0) is 43.5 Å². The van der Waals surface area contributed by atoms with Crippen molar-refractivity contribution in [3.63, 3.8) is 0 Å². The molecule has 1 aliphatic rings. The first-order valence-electron chi connectivity index (χ1n) is 6.97. The van der Waals surface area contributed by atoms with Gasteiger partial charge in [0.1, 0.15) is 0 Å². The second-order valence-corrected chi connectivity index (χ2v) is 5.59. The van der Waals surface area contributed by atoms with Crippen molar-refractivity contribution in [2.75, 3.05) is 13.6 Å². The zero-order chi connectivity index (χ0) is 14.7. The van der Waals surface area contributed by atoms with Crippen molar-refractivity contribution in [3.05, 3.63) is 34.9 Å². The second kappa shape index (κ2) is 6.06. The van der Waals surface area contributed by atoms with Crippen molar-refractivity contribution in [2.24, 2.45) is 5.92 Å². The summed E-state index contributed by atoms with van der Waals surface area (Å²) in [6, 6.07) is 7.17. The number of amides is 1. The van der Waals surface area contributed by atoms with E-state index < -0.39 is 0 Å². The summed E-state index contributed by atoms with van der Waals surface area (Å²) < 4.78 is 0. The molecule has 1 aromatic carbocycles. The molecule has 1 saturated carbocycles. The molecule has 1 amide bonds.